The van der Waals surface area contributed by atoms with Crippen LogP contribution >= 0.6 is 34.5 Å². The van der Waals surface area contributed by atoms with Crippen molar-refractivity contribution in [3.05, 3.63) is 62.3 Å². The van der Waals surface area contributed by atoms with Crippen LogP contribution in [0.15, 0.2) is 47.6 Å². The van der Waals surface area contributed by atoms with Crippen molar-refractivity contribution in [3.8, 4) is 5.75 Å². The molecule has 0 saturated carbocycles. The Kier molecular flexibility index (Phi) is 4.76. The van der Waals surface area contributed by atoms with Gasteiger partial charge in [0, 0.05) is 5.56 Å². The summed E-state index contributed by atoms with van der Waals surface area (Å²) in [4.78, 5) is 12.3. The lowest BCUT2D eigenvalue weighted by Crippen LogP contribution is -2.19. The normalized spacial score (nSPS) is 11.7. The average molecular weight is 379 g/mol. The Morgan fingerprint density at radius 1 is 1.12 bits per heavy atom. The number of carbonyl (C=O) groups is 1. The van der Waals surface area contributed by atoms with Crippen LogP contribution in [0.4, 0.5) is 0 Å². The molecule has 0 unspecified atom stereocenters. The first-order valence-electron chi connectivity index (χ1n) is 6.97. The number of benzene rings is 2. The van der Waals surface area contributed by atoms with E-state index in [4.69, 9.17) is 23.2 Å². The van der Waals surface area contributed by atoms with Gasteiger partial charge in [-0.25, -0.2) is 5.43 Å². The number of amides is 1. The molecule has 0 aliphatic carbocycles. The van der Waals surface area contributed by atoms with Crippen LogP contribution < -0.4 is 5.43 Å². The van der Waals surface area contributed by atoms with Gasteiger partial charge in [-0.1, -0.05) is 47.5 Å². The molecule has 1 heterocycles. The van der Waals surface area contributed by atoms with Crippen molar-refractivity contribution in [2.75, 3.05) is 0 Å². The van der Waals surface area contributed by atoms with Crippen LogP contribution in [0, 0.1) is 0 Å². The zero-order valence-corrected chi connectivity index (χ0v) is 14.8. The molecule has 0 saturated heterocycles. The number of phenols is 1. The van der Waals surface area contributed by atoms with Crippen molar-refractivity contribution >= 4 is 56.9 Å². The van der Waals surface area contributed by atoms with Gasteiger partial charge >= 0.3 is 0 Å². The Labute approximate surface area is 152 Å². The van der Waals surface area contributed by atoms with Crippen LogP contribution in [0.3, 0.4) is 0 Å². The second-order valence-electron chi connectivity index (χ2n) is 5.09. The van der Waals surface area contributed by atoms with E-state index in [0.29, 0.717) is 19.9 Å². The summed E-state index contributed by atoms with van der Waals surface area (Å²) in [5, 5.41) is 15.8. The molecule has 0 aliphatic rings. The maximum atomic E-state index is 12.3. The molecule has 0 bridgehead atoms. The molecule has 24 heavy (non-hydrogen) atoms. The predicted molar refractivity (Wildman–Crippen MR) is 99.6 cm³/mol. The van der Waals surface area contributed by atoms with Crippen molar-refractivity contribution in [2.24, 2.45) is 5.10 Å². The maximum absolute atomic E-state index is 12.3. The monoisotopic (exact) mass is 378 g/mol. The van der Waals surface area contributed by atoms with Crippen LogP contribution in [0.5, 0.6) is 5.75 Å². The van der Waals surface area contributed by atoms with Crippen molar-refractivity contribution in [1.29, 1.82) is 0 Å². The molecule has 3 aromatic rings. The number of nitrogens with zero attached hydrogens (tertiary/aromatic N) is 1. The summed E-state index contributed by atoms with van der Waals surface area (Å²) in [5.74, 6) is -0.606. The van der Waals surface area contributed by atoms with E-state index in [1.54, 1.807) is 25.1 Å². The Morgan fingerprint density at radius 2 is 1.79 bits per heavy atom. The fourth-order valence-corrected chi connectivity index (χ4v) is 3.82. The number of aromatic hydroxyl groups is 1. The van der Waals surface area contributed by atoms with Crippen molar-refractivity contribution in [3.63, 3.8) is 0 Å². The van der Waals surface area contributed by atoms with E-state index < -0.39 is 5.91 Å². The van der Waals surface area contributed by atoms with Gasteiger partial charge in [0.25, 0.3) is 5.91 Å². The fourth-order valence-electron chi connectivity index (χ4n) is 2.25. The molecular weight excluding hydrogens is 367 g/mol. The first-order chi connectivity index (χ1) is 11.5. The van der Waals surface area contributed by atoms with Gasteiger partial charge in [-0.15, -0.1) is 11.3 Å². The lowest BCUT2D eigenvalue weighted by molar-refractivity contribution is 0.0952. The second-order valence-corrected chi connectivity index (χ2v) is 7.38. The zero-order chi connectivity index (χ0) is 17.3. The third-order valence-electron chi connectivity index (χ3n) is 3.48. The van der Waals surface area contributed by atoms with Gasteiger partial charge in [0.1, 0.15) is 10.1 Å². The minimum Gasteiger partial charge on any atom is -0.507 e. The van der Waals surface area contributed by atoms with Crippen LogP contribution in [0.1, 0.15) is 22.8 Å². The summed E-state index contributed by atoms with van der Waals surface area (Å²) < 4.78 is 1.05. The lowest BCUT2D eigenvalue weighted by Gasteiger charge is -2.06. The van der Waals surface area contributed by atoms with Crippen LogP contribution in [0.25, 0.3) is 10.8 Å². The van der Waals surface area contributed by atoms with Crippen LogP contribution in [-0.2, 0) is 0 Å². The highest BCUT2D eigenvalue weighted by atomic mass is 35.5. The number of hydrazone groups is 1. The van der Waals surface area contributed by atoms with E-state index in [-0.39, 0.29) is 11.3 Å². The topological polar surface area (TPSA) is 61.7 Å². The molecule has 3 rings (SSSR count). The molecule has 122 valence electrons. The Morgan fingerprint density at radius 3 is 2.42 bits per heavy atom. The highest BCUT2D eigenvalue weighted by Crippen LogP contribution is 2.31. The number of fused-ring (bicyclic) bond motifs is 1. The van der Waals surface area contributed by atoms with E-state index in [0.717, 1.165) is 10.8 Å². The molecule has 2 N–H and O–H groups in total. The quantitative estimate of drug-likeness (QED) is 0.493. The molecular formula is C17H12Cl2N2O2S. The molecule has 0 spiro atoms. The molecule has 0 atom stereocenters. The Bertz CT molecular complexity index is 966. The summed E-state index contributed by atoms with van der Waals surface area (Å²) in [6.45, 7) is 1.71. The minimum absolute atomic E-state index is 0.101. The molecule has 7 heteroatoms. The third kappa shape index (κ3) is 3.38. The van der Waals surface area contributed by atoms with Gasteiger partial charge in [-0.2, -0.15) is 5.10 Å². The first kappa shape index (κ1) is 16.8. The molecule has 0 fully saturated rings. The van der Waals surface area contributed by atoms with Crippen LogP contribution in [0.2, 0.25) is 8.67 Å². The van der Waals surface area contributed by atoms with E-state index in [1.807, 2.05) is 24.3 Å². The SMILES string of the molecule is CC(=NNC(=O)c1cc2ccccc2cc1O)c1cc(Cl)sc1Cl. The fraction of sp³-hybridized carbons (Fsp3) is 0.0588. The number of carbonyl (C=O) groups excluding carboxylic acids is 1. The number of halogens is 2. The first-order valence-corrected chi connectivity index (χ1v) is 8.54. The molecule has 0 aliphatic heterocycles. The summed E-state index contributed by atoms with van der Waals surface area (Å²) in [5.41, 5.74) is 3.77. The van der Waals surface area contributed by atoms with Crippen LogP contribution in [-0.4, -0.2) is 16.7 Å². The van der Waals surface area contributed by atoms with Crippen molar-refractivity contribution in [1.82, 2.24) is 5.43 Å². The van der Waals surface area contributed by atoms with E-state index in [2.05, 4.69) is 10.5 Å². The molecule has 0 radical (unpaired) electrons. The van der Waals surface area contributed by atoms with Crippen molar-refractivity contribution < 1.29 is 9.90 Å². The number of rotatable bonds is 3. The molecule has 2 aromatic carbocycles. The Hall–Kier alpha value is -2.08. The standard InChI is InChI=1S/C17H12Cl2N2O2S/c1-9(12-8-15(18)24-16(12)19)20-21-17(23)13-6-10-4-2-3-5-11(10)7-14(13)22/h2-8,22H,1H3,(H,21,23). The zero-order valence-electron chi connectivity index (χ0n) is 12.5. The van der Waals surface area contributed by atoms with Gasteiger partial charge in [-0.05, 0) is 35.9 Å². The third-order valence-corrected chi connectivity index (χ3v) is 4.97. The smallest absolute Gasteiger partial charge is 0.275 e. The number of thiophene rings is 1. The van der Waals surface area contributed by atoms with E-state index in [9.17, 15) is 9.90 Å². The van der Waals surface area contributed by atoms with E-state index >= 15 is 0 Å². The molecule has 1 amide bonds. The summed E-state index contributed by atoms with van der Waals surface area (Å²) in [7, 11) is 0. The average Bonchev–Trinajstić information content (AvgIpc) is 2.90. The number of nitrogens with one attached hydrogen (secondary N) is 1. The molecule has 4 nitrogen and oxygen atoms in total. The number of hydrogen-bond donors (Lipinski definition) is 2. The molecule has 1 aromatic heterocycles. The summed E-state index contributed by atoms with van der Waals surface area (Å²) in [6, 6.07) is 12.3. The highest BCUT2D eigenvalue weighted by molar-refractivity contribution is 7.20. The number of phenolic OH excluding ortho intramolecular Hbond substituents is 1. The number of hydrogen-bond acceptors (Lipinski definition) is 4. The van der Waals surface area contributed by atoms with Gasteiger partial charge in [0.15, 0.2) is 0 Å². The highest BCUT2D eigenvalue weighted by Gasteiger charge is 2.13. The van der Waals surface area contributed by atoms with Gasteiger partial charge in [0.2, 0.25) is 0 Å². The summed E-state index contributed by atoms with van der Waals surface area (Å²) in [6.07, 6.45) is 0. The maximum Gasteiger partial charge on any atom is 0.275 e. The van der Waals surface area contributed by atoms with Gasteiger partial charge in [-0.3, -0.25) is 4.79 Å². The minimum atomic E-state index is -0.505. The summed E-state index contributed by atoms with van der Waals surface area (Å²) >= 11 is 13.2. The largest absolute Gasteiger partial charge is 0.507 e. The van der Waals surface area contributed by atoms with E-state index in [1.165, 1.54) is 11.3 Å². The van der Waals surface area contributed by atoms with Gasteiger partial charge in [0.05, 0.1) is 15.6 Å². The predicted octanol–water partition coefficient (Wildman–Crippen LogP) is 5.07. The van der Waals surface area contributed by atoms with Crippen molar-refractivity contribution in [2.45, 2.75) is 6.92 Å². The van der Waals surface area contributed by atoms with Gasteiger partial charge < -0.3 is 5.11 Å². The second kappa shape index (κ2) is 6.81. The Balaban J connectivity index is 1.86. The lowest BCUT2D eigenvalue weighted by atomic mass is 10.1.